The monoisotopic (exact) mass is 343 g/mol. The van der Waals surface area contributed by atoms with E-state index in [0.29, 0.717) is 28.6 Å². The zero-order chi connectivity index (χ0) is 18.2. The van der Waals surface area contributed by atoms with Crippen molar-refractivity contribution >= 4 is 11.5 Å². The highest BCUT2D eigenvalue weighted by Gasteiger charge is 2.09. The van der Waals surface area contributed by atoms with Gasteiger partial charge in [0.25, 0.3) is 0 Å². The number of carbonyl (C=O) groups is 1. The van der Waals surface area contributed by atoms with Crippen LogP contribution in [0.25, 0.3) is 0 Å². The lowest BCUT2D eigenvalue weighted by Crippen LogP contribution is -1.99. The van der Waals surface area contributed by atoms with Gasteiger partial charge in [0.1, 0.15) is 11.5 Å². The molecule has 0 aliphatic heterocycles. The van der Waals surface area contributed by atoms with Crippen molar-refractivity contribution in [3.8, 4) is 23.0 Å². The minimum atomic E-state index is -0.166. The van der Waals surface area contributed by atoms with Gasteiger partial charge in [0.15, 0.2) is 17.3 Å². The van der Waals surface area contributed by atoms with Gasteiger partial charge in [0, 0.05) is 23.9 Å². The van der Waals surface area contributed by atoms with Crippen LogP contribution < -0.4 is 24.3 Å². The largest absolute Gasteiger partial charge is 0.497 e. The van der Waals surface area contributed by atoms with Crippen molar-refractivity contribution in [1.29, 1.82) is 0 Å². The molecule has 0 atom stereocenters. The van der Waals surface area contributed by atoms with Crippen molar-refractivity contribution in [2.24, 2.45) is 0 Å². The van der Waals surface area contributed by atoms with Crippen LogP contribution in [-0.4, -0.2) is 34.2 Å². The Balaban J connectivity index is 2.11. The molecule has 132 valence electrons. The lowest BCUT2D eigenvalue weighted by molar-refractivity contribution is 0.104. The van der Waals surface area contributed by atoms with Gasteiger partial charge in [-0.3, -0.25) is 4.79 Å². The maximum atomic E-state index is 12.3. The third-order valence-electron chi connectivity index (χ3n) is 3.55. The number of ether oxygens (including phenoxy) is 4. The SMILES string of the molecule is COc1ccc(NC=CC(=O)c2ccc(OC)c(OC)c2)c(OC)c1. The summed E-state index contributed by atoms with van der Waals surface area (Å²) < 4.78 is 20.8. The van der Waals surface area contributed by atoms with E-state index in [1.54, 1.807) is 57.9 Å². The second kappa shape index (κ2) is 8.63. The van der Waals surface area contributed by atoms with Gasteiger partial charge in [0.05, 0.1) is 34.1 Å². The van der Waals surface area contributed by atoms with Crippen LogP contribution >= 0.6 is 0 Å². The van der Waals surface area contributed by atoms with E-state index in [-0.39, 0.29) is 5.78 Å². The molecule has 1 N–H and O–H groups in total. The van der Waals surface area contributed by atoms with E-state index in [2.05, 4.69) is 5.32 Å². The molecule has 0 saturated heterocycles. The molecule has 0 heterocycles. The first-order valence-electron chi connectivity index (χ1n) is 7.54. The highest BCUT2D eigenvalue weighted by atomic mass is 16.5. The third kappa shape index (κ3) is 4.44. The molecule has 2 aromatic carbocycles. The fourth-order valence-electron chi connectivity index (χ4n) is 2.21. The van der Waals surface area contributed by atoms with Gasteiger partial charge < -0.3 is 24.3 Å². The number of allylic oxidation sites excluding steroid dienone is 1. The van der Waals surface area contributed by atoms with Crippen LogP contribution in [0.2, 0.25) is 0 Å². The number of ketones is 1. The first-order chi connectivity index (χ1) is 12.1. The Labute approximate surface area is 147 Å². The molecular formula is C19H21NO5. The molecule has 25 heavy (non-hydrogen) atoms. The lowest BCUT2D eigenvalue weighted by atomic mass is 10.1. The molecule has 0 spiro atoms. The van der Waals surface area contributed by atoms with Gasteiger partial charge >= 0.3 is 0 Å². The van der Waals surface area contributed by atoms with Gasteiger partial charge in [-0.2, -0.15) is 0 Å². The van der Waals surface area contributed by atoms with E-state index in [0.717, 1.165) is 5.69 Å². The quantitative estimate of drug-likeness (QED) is 0.584. The Bertz CT molecular complexity index is 770. The van der Waals surface area contributed by atoms with Crippen molar-refractivity contribution in [2.75, 3.05) is 33.8 Å². The summed E-state index contributed by atoms with van der Waals surface area (Å²) in [5, 5.41) is 3.03. The van der Waals surface area contributed by atoms with Crippen LogP contribution in [0.5, 0.6) is 23.0 Å². The van der Waals surface area contributed by atoms with Crippen molar-refractivity contribution in [2.45, 2.75) is 0 Å². The normalized spacial score (nSPS) is 10.4. The molecule has 6 nitrogen and oxygen atoms in total. The number of benzene rings is 2. The Kier molecular flexibility index (Phi) is 6.28. The number of nitrogens with one attached hydrogen (secondary N) is 1. The van der Waals surface area contributed by atoms with Crippen LogP contribution in [0.3, 0.4) is 0 Å². The van der Waals surface area contributed by atoms with Crippen molar-refractivity contribution in [3.63, 3.8) is 0 Å². The Hall–Kier alpha value is -3.15. The van der Waals surface area contributed by atoms with Crippen LogP contribution in [0, 0.1) is 0 Å². The molecule has 0 aromatic heterocycles. The number of rotatable bonds is 8. The van der Waals surface area contributed by atoms with Gasteiger partial charge in [-0.25, -0.2) is 0 Å². The van der Waals surface area contributed by atoms with E-state index < -0.39 is 0 Å². The van der Waals surface area contributed by atoms with Crippen molar-refractivity contribution < 1.29 is 23.7 Å². The summed E-state index contributed by atoms with van der Waals surface area (Å²) in [6, 6.07) is 10.4. The van der Waals surface area contributed by atoms with Crippen LogP contribution in [-0.2, 0) is 0 Å². The molecule has 0 saturated carbocycles. The zero-order valence-corrected chi connectivity index (χ0v) is 14.7. The highest BCUT2D eigenvalue weighted by molar-refractivity contribution is 6.05. The molecule has 6 heteroatoms. The first-order valence-corrected chi connectivity index (χ1v) is 7.54. The zero-order valence-electron chi connectivity index (χ0n) is 14.7. The van der Waals surface area contributed by atoms with E-state index >= 15 is 0 Å². The number of methoxy groups -OCH3 is 4. The van der Waals surface area contributed by atoms with E-state index in [9.17, 15) is 4.79 Å². The maximum Gasteiger partial charge on any atom is 0.187 e. The average Bonchev–Trinajstić information content (AvgIpc) is 2.67. The van der Waals surface area contributed by atoms with Gasteiger partial charge in [-0.05, 0) is 30.3 Å². The summed E-state index contributed by atoms with van der Waals surface area (Å²) in [5.41, 5.74) is 1.22. The topological polar surface area (TPSA) is 66.0 Å². The van der Waals surface area contributed by atoms with Crippen LogP contribution in [0.1, 0.15) is 10.4 Å². The maximum absolute atomic E-state index is 12.3. The number of anilines is 1. The molecule has 0 unspecified atom stereocenters. The smallest absolute Gasteiger partial charge is 0.187 e. The van der Waals surface area contributed by atoms with Crippen molar-refractivity contribution in [1.82, 2.24) is 0 Å². The molecule has 0 amide bonds. The predicted molar refractivity (Wildman–Crippen MR) is 96.2 cm³/mol. The van der Waals surface area contributed by atoms with Crippen LogP contribution in [0.4, 0.5) is 5.69 Å². The Morgan fingerprint density at radius 3 is 2.20 bits per heavy atom. The van der Waals surface area contributed by atoms with Gasteiger partial charge in [-0.15, -0.1) is 0 Å². The lowest BCUT2D eigenvalue weighted by Gasteiger charge is -2.10. The number of carbonyl (C=O) groups excluding carboxylic acids is 1. The second-order valence-electron chi connectivity index (χ2n) is 4.98. The second-order valence-corrected chi connectivity index (χ2v) is 4.98. The first kappa shape index (κ1) is 18.2. The molecular weight excluding hydrogens is 322 g/mol. The Morgan fingerprint density at radius 1 is 0.840 bits per heavy atom. The molecule has 2 aromatic rings. The van der Waals surface area contributed by atoms with Crippen LogP contribution in [0.15, 0.2) is 48.7 Å². The highest BCUT2D eigenvalue weighted by Crippen LogP contribution is 2.29. The summed E-state index contributed by atoms with van der Waals surface area (Å²) in [7, 11) is 6.23. The van der Waals surface area contributed by atoms with E-state index in [4.69, 9.17) is 18.9 Å². The Morgan fingerprint density at radius 2 is 1.56 bits per heavy atom. The predicted octanol–water partition coefficient (Wildman–Crippen LogP) is 3.53. The molecule has 0 bridgehead atoms. The molecule has 0 aliphatic carbocycles. The minimum Gasteiger partial charge on any atom is -0.497 e. The molecule has 0 aliphatic rings. The summed E-state index contributed by atoms with van der Waals surface area (Å²) in [5.74, 6) is 2.21. The van der Waals surface area contributed by atoms with E-state index in [1.807, 2.05) is 6.07 Å². The number of hydrogen-bond donors (Lipinski definition) is 1. The average molecular weight is 343 g/mol. The summed E-state index contributed by atoms with van der Waals surface area (Å²) in [6.45, 7) is 0. The van der Waals surface area contributed by atoms with Gasteiger partial charge in [0.2, 0.25) is 0 Å². The van der Waals surface area contributed by atoms with E-state index in [1.165, 1.54) is 13.2 Å². The molecule has 2 rings (SSSR count). The summed E-state index contributed by atoms with van der Waals surface area (Å²) >= 11 is 0. The van der Waals surface area contributed by atoms with Crippen molar-refractivity contribution in [3.05, 3.63) is 54.2 Å². The standard InChI is InChI=1S/C19H21NO5/c1-22-14-6-7-15(18(12-14)24-3)20-10-9-16(21)13-5-8-17(23-2)19(11-13)25-4/h5-12,20H,1-4H3. The summed E-state index contributed by atoms with van der Waals surface area (Å²) in [6.07, 6.45) is 2.99. The molecule has 0 radical (unpaired) electrons. The minimum absolute atomic E-state index is 0.166. The summed E-state index contributed by atoms with van der Waals surface area (Å²) in [4.78, 5) is 12.3. The molecule has 0 fully saturated rings. The fourth-order valence-corrected chi connectivity index (χ4v) is 2.21. The fraction of sp³-hybridized carbons (Fsp3) is 0.211. The number of hydrogen-bond acceptors (Lipinski definition) is 6. The van der Waals surface area contributed by atoms with Gasteiger partial charge in [-0.1, -0.05) is 0 Å². The third-order valence-corrected chi connectivity index (χ3v) is 3.55.